The van der Waals surface area contributed by atoms with Crippen LogP contribution in [0.15, 0.2) is 30.3 Å². The monoisotopic (exact) mass is 396 g/mol. The molecule has 4 rings (SSSR count). The maximum Gasteiger partial charge on any atom is 0.306 e. The number of aromatic hydroxyl groups is 1. The summed E-state index contributed by atoms with van der Waals surface area (Å²) in [6.45, 7) is 5.09. The molecular formula is C24H28O5. The Kier molecular flexibility index (Phi) is 4.69. The van der Waals surface area contributed by atoms with Crippen molar-refractivity contribution in [2.24, 2.45) is 11.3 Å². The van der Waals surface area contributed by atoms with Crippen LogP contribution in [0.5, 0.6) is 5.75 Å². The Labute approximate surface area is 170 Å². The van der Waals surface area contributed by atoms with Crippen LogP contribution in [0.3, 0.4) is 0 Å². The Morgan fingerprint density at radius 3 is 2.69 bits per heavy atom. The number of fused-ring (bicyclic) bond motifs is 5. The van der Waals surface area contributed by atoms with Gasteiger partial charge in [-0.1, -0.05) is 39.0 Å². The second-order valence-corrected chi connectivity index (χ2v) is 8.79. The Hall–Kier alpha value is -2.40. The summed E-state index contributed by atoms with van der Waals surface area (Å²) in [4.78, 5) is 25.4. The topological polar surface area (TPSA) is 83.8 Å². The molecule has 0 aliphatic heterocycles. The Balaban J connectivity index is 1.88. The summed E-state index contributed by atoms with van der Waals surface area (Å²) in [5.74, 6) is -0.688. The molecule has 154 valence electrons. The fourth-order valence-electron chi connectivity index (χ4n) is 6.06. The van der Waals surface area contributed by atoms with E-state index in [1.54, 1.807) is 19.1 Å². The molecule has 2 aromatic rings. The predicted octanol–water partition coefficient (Wildman–Crippen LogP) is 3.87. The summed E-state index contributed by atoms with van der Waals surface area (Å²) < 4.78 is 5.92. The van der Waals surface area contributed by atoms with E-state index in [1.165, 1.54) is 11.1 Å². The number of phenolic OH excluding ortho intramolecular Hbond substituents is 1. The number of carbonyl (C=O) groups is 2. The van der Waals surface area contributed by atoms with E-state index in [1.807, 2.05) is 26.0 Å². The number of ketones is 1. The summed E-state index contributed by atoms with van der Waals surface area (Å²) in [6.07, 6.45) is 2.35. The van der Waals surface area contributed by atoms with Gasteiger partial charge < -0.3 is 14.9 Å². The molecule has 5 heteroatoms. The summed E-state index contributed by atoms with van der Waals surface area (Å²) in [6, 6.07) is 9.52. The SMILES string of the molecule is CCC(=O)O[C@@]1(C(=O)CO)[C@@H](C)C[C@H]2c3ccc4cc(O)ccc4c3CC[C@@]21C. The number of aliphatic hydroxyl groups excluding tert-OH is 1. The summed E-state index contributed by atoms with van der Waals surface area (Å²) in [5, 5.41) is 21.7. The number of aliphatic hydroxyl groups is 1. The average Bonchev–Trinajstić information content (AvgIpc) is 2.94. The molecule has 2 aromatic carbocycles. The minimum absolute atomic E-state index is 0.0552. The van der Waals surface area contributed by atoms with Crippen molar-refractivity contribution in [2.45, 2.75) is 58.0 Å². The maximum absolute atomic E-state index is 13.1. The van der Waals surface area contributed by atoms with E-state index in [9.17, 15) is 19.8 Å². The smallest absolute Gasteiger partial charge is 0.306 e. The van der Waals surface area contributed by atoms with E-state index in [2.05, 4.69) is 6.07 Å². The first-order valence-corrected chi connectivity index (χ1v) is 10.4. The van der Waals surface area contributed by atoms with Crippen molar-refractivity contribution < 1.29 is 24.5 Å². The summed E-state index contributed by atoms with van der Waals surface area (Å²) in [7, 11) is 0. The number of benzene rings is 2. The molecule has 0 radical (unpaired) electrons. The zero-order valence-corrected chi connectivity index (χ0v) is 17.2. The highest BCUT2D eigenvalue weighted by Crippen LogP contribution is 2.64. The summed E-state index contributed by atoms with van der Waals surface area (Å²) in [5.41, 5.74) is 0.547. The van der Waals surface area contributed by atoms with E-state index in [0.29, 0.717) is 6.42 Å². The van der Waals surface area contributed by atoms with E-state index >= 15 is 0 Å². The minimum atomic E-state index is -1.30. The van der Waals surface area contributed by atoms with Crippen molar-refractivity contribution in [2.75, 3.05) is 6.61 Å². The van der Waals surface area contributed by atoms with Crippen LogP contribution in [0.2, 0.25) is 0 Å². The average molecular weight is 396 g/mol. The second kappa shape index (κ2) is 6.84. The van der Waals surface area contributed by atoms with E-state index in [4.69, 9.17) is 4.74 Å². The van der Waals surface area contributed by atoms with Crippen molar-refractivity contribution in [1.29, 1.82) is 0 Å². The van der Waals surface area contributed by atoms with Crippen LogP contribution in [0.4, 0.5) is 0 Å². The van der Waals surface area contributed by atoms with Crippen LogP contribution in [0, 0.1) is 11.3 Å². The van der Waals surface area contributed by atoms with Crippen LogP contribution < -0.4 is 0 Å². The first-order valence-electron chi connectivity index (χ1n) is 10.4. The first-order chi connectivity index (χ1) is 13.8. The van der Waals surface area contributed by atoms with Crippen molar-refractivity contribution in [3.8, 4) is 5.75 Å². The van der Waals surface area contributed by atoms with Gasteiger partial charge >= 0.3 is 5.97 Å². The van der Waals surface area contributed by atoms with Gasteiger partial charge in [-0.05, 0) is 59.2 Å². The van der Waals surface area contributed by atoms with Gasteiger partial charge in [0.2, 0.25) is 5.78 Å². The Bertz CT molecular complexity index is 996. The molecule has 0 heterocycles. The van der Waals surface area contributed by atoms with Crippen molar-refractivity contribution in [3.05, 3.63) is 41.5 Å². The van der Waals surface area contributed by atoms with Gasteiger partial charge in [0.15, 0.2) is 5.60 Å². The number of phenols is 1. The van der Waals surface area contributed by atoms with Crippen LogP contribution in [-0.2, 0) is 20.7 Å². The molecule has 0 bridgehead atoms. The number of Topliss-reactive ketones (excluding diaryl/α,β-unsaturated/α-hetero) is 1. The zero-order chi connectivity index (χ0) is 21.0. The molecule has 0 saturated heterocycles. The van der Waals surface area contributed by atoms with Crippen LogP contribution in [-0.4, -0.2) is 34.2 Å². The number of esters is 1. The predicted molar refractivity (Wildman–Crippen MR) is 110 cm³/mol. The van der Waals surface area contributed by atoms with E-state index < -0.39 is 29.4 Å². The third kappa shape index (κ3) is 2.63. The normalized spacial score (nSPS) is 30.6. The van der Waals surface area contributed by atoms with Crippen LogP contribution in [0.1, 0.15) is 57.1 Å². The minimum Gasteiger partial charge on any atom is -0.508 e. The highest BCUT2D eigenvalue weighted by molar-refractivity contribution is 5.93. The van der Waals surface area contributed by atoms with E-state index in [0.717, 1.165) is 23.6 Å². The van der Waals surface area contributed by atoms with Crippen molar-refractivity contribution in [3.63, 3.8) is 0 Å². The number of hydrogen-bond acceptors (Lipinski definition) is 5. The third-order valence-corrected chi connectivity index (χ3v) is 7.44. The zero-order valence-electron chi connectivity index (χ0n) is 17.2. The lowest BCUT2D eigenvalue weighted by atomic mass is 9.59. The van der Waals surface area contributed by atoms with Gasteiger partial charge in [0, 0.05) is 17.8 Å². The van der Waals surface area contributed by atoms with Crippen LogP contribution in [0.25, 0.3) is 10.8 Å². The standard InChI is InChI=1S/C24H28O5/c1-4-22(28)29-24(21(27)13-25)14(2)11-20-19-7-5-15-12-16(26)6-8-17(15)18(19)9-10-23(20,24)3/h5-8,12,14,20,25-26H,4,9-11,13H2,1-3H3/t14-,20-,23-,24+/m0/s1. The number of carbonyl (C=O) groups excluding carboxylic acids is 2. The summed E-state index contributed by atoms with van der Waals surface area (Å²) >= 11 is 0. The largest absolute Gasteiger partial charge is 0.508 e. The van der Waals surface area contributed by atoms with Gasteiger partial charge in [-0.2, -0.15) is 0 Å². The number of rotatable bonds is 4. The molecule has 0 spiro atoms. The molecule has 5 nitrogen and oxygen atoms in total. The molecule has 4 atom stereocenters. The molecular weight excluding hydrogens is 368 g/mol. The second-order valence-electron chi connectivity index (χ2n) is 8.79. The van der Waals surface area contributed by atoms with Gasteiger partial charge in [0.1, 0.15) is 12.4 Å². The lowest BCUT2D eigenvalue weighted by Gasteiger charge is -2.48. The van der Waals surface area contributed by atoms with Crippen molar-refractivity contribution >= 4 is 22.5 Å². The Morgan fingerprint density at radius 1 is 1.24 bits per heavy atom. The number of hydrogen-bond donors (Lipinski definition) is 2. The van der Waals surface area contributed by atoms with Gasteiger partial charge in [0.05, 0.1) is 0 Å². The molecule has 29 heavy (non-hydrogen) atoms. The first kappa shape index (κ1) is 19.9. The fraction of sp³-hybridized carbons (Fsp3) is 0.500. The third-order valence-electron chi connectivity index (χ3n) is 7.44. The number of aryl methyl sites for hydroxylation is 1. The Morgan fingerprint density at radius 2 is 2.00 bits per heavy atom. The number of ether oxygens (including phenoxy) is 1. The lowest BCUT2D eigenvalue weighted by Crippen LogP contribution is -2.58. The highest BCUT2D eigenvalue weighted by Gasteiger charge is 2.68. The highest BCUT2D eigenvalue weighted by atomic mass is 16.6. The lowest BCUT2D eigenvalue weighted by molar-refractivity contribution is -0.188. The quantitative estimate of drug-likeness (QED) is 0.767. The van der Waals surface area contributed by atoms with Gasteiger partial charge in [-0.3, -0.25) is 9.59 Å². The molecule has 2 aliphatic carbocycles. The van der Waals surface area contributed by atoms with Crippen LogP contribution >= 0.6 is 0 Å². The van der Waals surface area contributed by atoms with E-state index in [-0.39, 0.29) is 24.0 Å². The molecule has 1 saturated carbocycles. The maximum atomic E-state index is 13.1. The molecule has 0 amide bonds. The molecule has 0 unspecified atom stereocenters. The van der Waals surface area contributed by atoms with Gasteiger partial charge in [-0.15, -0.1) is 0 Å². The van der Waals surface area contributed by atoms with Gasteiger partial charge in [-0.25, -0.2) is 0 Å². The van der Waals surface area contributed by atoms with Crippen molar-refractivity contribution in [1.82, 2.24) is 0 Å². The molecule has 2 N–H and O–H groups in total. The fourth-order valence-corrected chi connectivity index (χ4v) is 6.06. The van der Waals surface area contributed by atoms with Gasteiger partial charge in [0.25, 0.3) is 0 Å². The molecule has 2 aliphatic rings. The molecule has 0 aromatic heterocycles. The molecule has 1 fully saturated rings.